The van der Waals surface area contributed by atoms with Crippen LogP contribution in [0.4, 0.5) is 5.69 Å². The summed E-state index contributed by atoms with van der Waals surface area (Å²) in [5.74, 6) is -0.723. The molecule has 90 valence electrons. The standard InChI is InChI=1S/C11H11NO5/c1-7(13)3-4-8-5-9(12(15)16)11(14)10(6-8)17-2/h3-6,14H,1-2H3/b4-3+. The predicted octanol–water partition coefficient (Wildman–Crippen LogP) is 1.91. The van der Waals surface area contributed by atoms with Crippen LogP contribution in [0.2, 0.25) is 0 Å². The Morgan fingerprint density at radius 1 is 1.53 bits per heavy atom. The van der Waals surface area contributed by atoms with Crippen LogP contribution in [0.3, 0.4) is 0 Å². The molecule has 0 heterocycles. The molecule has 0 spiro atoms. The van der Waals surface area contributed by atoms with Crippen LogP contribution in [-0.2, 0) is 4.79 Å². The van der Waals surface area contributed by atoms with E-state index < -0.39 is 16.4 Å². The van der Waals surface area contributed by atoms with Gasteiger partial charge in [0.25, 0.3) is 0 Å². The van der Waals surface area contributed by atoms with Crippen molar-refractivity contribution in [1.29, 1.82) is 0 Å². The van der Waals surface area contributed by atoms with Gasteiger partial charge < -0.3 is 9.84 Å². The van der Waals surface area contributed by atoms with Crippen molar-refractivity contribution in [2.45, 2.75) is 6.92 Å². The number of phenols is 1. The fourth-order valence-electron chi connectivity index (χ4n) is 1.22. The molecule has 0 aliphatic heterocycles. The summed E-state index contributed by atoms with van der Waals surface area (Å²) in [6.07, 6.45) is 2.69. The van der Waals surface area contributed by atoms with Crippen LogP contribution in [0.1, 0.15) is 12.5 Å². The predicted molar refractivity (Wildman–Crippen MR) is 61.0 cm³/mol. The van der Waals surface area contributed by atoms with Gasteiger partial charge in [0.05, 0.1) is 12.0 Å². The first-order valence-corrected chi connectivity index (χ1v) is 4.69. The number of phenolic OH excluding ortho intramolecular Hbond substituents is 1. The Morgan fingerprint density at radius 3 is 2.65 bits per heavy atom. The van der Waals surface area contributed by atoms with Gasteiger partial charge in [0.2, 0.25) is 5.75 Å². The first-order valence-electron chi connectivity index (χ1n) is 4.69. The van der Waals surface area contributed by atoms with Crippen molar-refractivity contribution in [2.24, 2.45) is 0 Å². The van der Waals surface area contributed by atoms with Crippen LogP contribution < -0.4 is 4.74 Å². The molecule has 6 heteroatoms. The number of ketones is 1. The smallest absolute Gasteiger partial charge is 0.315 e. The number of nitro benzene ring substituents is 1. The summed E-state index contributed by atoms with van der Waals surface area (Å²) in [6, 6.07) is 2.57. The van der Waals surface area contributed by atoms with E-state index >= 15 is 0 Å². The minimum absolute atomic E-state index is 0.0117. The summed E-state index contributed by atoms with van der Waals surface area (Å²) in [6.45, 7) is 1.36. The lowest BCUT2D eigenvalue weighted by molar-refractivity contribution is -0.386. The second kappa shape index (κ2) is 5.11. The zero-order chi connectivity index (χ0) is 13.0. The highest BCUT2D eigenvalue weighted by molar-refractivity contribution is 5.91. The van der Waals surface area contributed by atoms with Gasteiger partial charge in [-0.15, -0.1) is 0 Å². The second-order valence-electron chi connectivity index (χ2n) is 3.29. The van der Waals surface area contributed by atoms with Crippen molar-refractivity contribution in [1.82, 2.24) is 0 Å². The van der Waals surface area contributed by atoms with Crippen molar-refractivity contribution >= 4 is 17.5 Å². The molecule has 0 saturated heterocycles. The Balaban J connectivity index is 3.30. The van der Waals surface area contributed by atoms with Gasteiger partial charge in [-0.1, -0.05) is 6.08 Å². The first-order chi connectivity index (χ1) is 7.95. The van der Waals surface area contributed by atoms with Crippen molar-refractivity contribution in [3.05, 3.63) is 33.9 Å². The maximum atomic E-state index is 10.8. The normalized spacial score (nSPS) is 10.5. The molecule has 0 aliphatic carbocycles. The third-order valence-electron chi connectivity index (χ3n) is 2.00. The van der Waals surface area contributed by atoms with E-state index in [9.17, 15) is 20.0 Å². The van der Waals surface area contributed by atoms with Gasteiger partial charge in [0.15, 0.2) is 11.5 Å². The number of nitrogens with zero attached hydrogens (tertiary/aromatic N) is 1. The Bertz CT molecular complexity index is 493. The topological polar surface area (TPSA) is 89.7 Å². The molecule has 0 radical (unpaired) electrons. The summed E-state index contributed by atoms with van der Waals surface area (Å²) in [5, 5.41) is 20.2. The molecule has 0 bridgehead atoms. The number of rotatable bonds is 4. The summed E-state index contributed by atoms with van der Waals surface area (Å²) in [7, 11) is 1.29. The Kier molecular flexibility index (Phi) is 3.82. The molecule has 0 atom stereocenters. The number of allylic oxidation sites excluding steroid dienone is 1. The number of aromatic hydroxyl groups is 1. The van der Waals surface area contributed by atoms with E-state index in [0.29, 0.717) is 5.56 Å². The van der Waals surface area contributed by atoms with E-state index in [2.05, 4.69) is 0 Å². The van der Waals surface area contributed by atoms with Gasteiger partial charge in [-0.2, -0.15) is 0 Å². The lowest BCUT2D eigenvalue weighted by Gasteiger charge is -2.05. The zero-order valence-corrected chi connectivity index (χ0v) is 9.34. The van der Waals surface area contributed by atoms with Crippen LogP contribution in [-0.4, -0.2) is 22.9 Å². The molecule has 1 rings (SSSR count). The average molecular weight is 237 g/mol. The molecule has 0 aromatic heterocycles. The maximum Gasteiger partial charge on any atom is 0.315 e. The van der Waals surface area contributed by atoms with Crippen molar-refractivity contribution < 1.29 is 19.6 Å². The largest absolute Gasteiger partial charge is 0.500 e. The first kappa shape index (κ1) is 12.7. The number of ether oxygens (including phenoxy) is 1. The van der Waals surface area contributed by atoms with Crippen molar-refractivity contribution in [3.63, 3.8) is 0 Å². The molecule has 0 aliphatic rings. The Hall–Kier alpha value is -2.37. The molecular formula is C11H11NO5. The number of hydrogen-bond acceptors (Lipinski definition) is 5. The van der Waals surface area contributed by atoms with Gasteiger partial charge >= 0.3 is 5.69 Å². The van der Waals surface area contributed by atoms with Crippen molar-refractivity contribution in [3.8, 4) is 11.5 Å². The Morgan fingerprint density at radius 2 is 2.18 bits per heavy atom. The van der Waals surface area contributed by atoms with Crippen LogP contribution in [0.25, 0.3) is 6.08 Å². The minimum atomic E-state index is -0.719. The highest BCUT2D eigenvalue weighted by atomic mass is 16.6. The van der Waals surface area contributed by atoms with Crippen molar-refractivity contribution in [2.75, 3.05) is 7.11 Å². The number of carbonyl (C=O) groups is 1. The summed E-state index contributed by atoms with van der Waals surface area (Å²) < 4.78 is 4.81. The summed E-state index contributed by atoms with van der Waals surface area (Å²) >= 11 is 0. The molecule has 0 unspecified atom stereocenters. The molecule has 1 N–H and O–H groups in total. The summed E-state index contributed by atoms with van der Waals surface area (Å²) in [5.41, 5.74) is -0.0610. The number of hydrogen-bond donors (Lipinski definition) is 1. The molecule has 17 heavy (non-hydrogen) atoms. The van der Waals surface area contributed by atoms with Gasteiger partial charge in [0.1, 0.15) is 0 Å². The highest BCUT2D eigenvalue weighted by Gasteiger charge is 2.18. The van der Waals surface area contributed by atoms with Gasteiger partial charge in [-0.3, -0.25) is 14.9 Å². The highest BCUT2D eigenvalue weighted by Crippen LogP contribution is 2.37. The molecule has 6 nitrogen and oxygen atoms in total. The van der Waals surface area contributed by atoms with E-state index in [1.807, 2.05) is 0 Å². The van der Waals surface area contributed by atoms with Gasteiger partial charge in [0, 0.05) is 6.07 Å². The molecule has 0 amide bonds. The number of nitro groups is 1. The molecule has 0 fully saturated rings. The summed E-state index contributed by atoms with van der Waals surface area (Å²) in [4.78, 5) is 20.7. The Labute approximate surface area is 97.3 Å². The van der Waals surface area contributed by atoms with Crippen LogP contribution in [0, 0.1) is 10.1 Å². The van der Waals surface area contributed by atoms with E-state index in [1.165, 1.54) is 32.3 Å². The van der Waals surface area contributed by atoms with E-state index in [1.54, 1.807) is 0 Å². The van der Waals surface area contributed by atoms with Crippen LogP contribution >= 0.6 is 0 Å². The lowest BCUT2D eigenvalue weighted by atomic mass is 10.1. The molecular weight excluding hydrogens is 226 g/mol. The van der Waals surface area contributed by atoms with Crippen LogP contribution in [0.5, 0.6) is 11.5 Å². The molecule has 1 aromatic carbocycles. The maximum absolute atomic E-state index is 10.8. The van der Waals surface area contributed by atoms with Gasteiger partial charge in [-0.25, -0.2) is 0 Å². The van der Waals surface area contributed by atoms with Gasteiger partial charge in [-0.05, 0) is 24.6 Å². The molecule has 0 saturated carbocycles. The second-order valence-corrected chi connectivity index (χ2v) is 3.29. The van der Waals surface area contributed by atoms with E-state index in [-0.39, 0.29) is 11.5 Å². The minimum Gasteiger partial charge on any atom is -0.500 e. The monoisotopic (exact) mass is 237 g/mol. The fourth-order valence-corrected chi connectivity index (χ4v) is 1.22. The van der Waals surface area contributed by atoms with E-state index in [0.717, 1.165) is 6.07 Å². The SMILES string of the molecule is COc1cc(/C=C/C(C)=O)cc([N+](=O)[O-])c1O. The quantitative estimate of drug-likeness (QED) is 0.490. The molecule has 1 aromatic rings. The fraction of sp³-hybridized carbons (Fsp3) is 0.182. The zero-order valence-electron chi connectivity index (χ0n) is 9.34. The number of benzene rings is 1. The third-order valence-corrected chi connectivity index (χ3v) is 2.00. The average Bonchev–Trinajstić information content (AvgIpc) is 2.27. The third kappa shape index (κ3) is 3.04. The van der Waals surface area contributed by atoms with Crippen LogP contribution in [0.15, 0.2) is 18.2 Å². The number of methoxy groups -OCH3 is 1. The van der Waals surface area contributed by atoms with E-state index in [4.69, 9.17) is 4.74 Å². The number of carbonyl (C=O) groups excluding carboxylic acids is 1. The lowest BCUT2D eigenvalue weighted by Crippen LogP contribution is -1.93.